The second-order valence-corrected chi connectivity index (χ2v) is 7.48. The summed E-state index contributed by atoms with van der Waals surface area (Å²) in [5.41, 5.74) is 3.46. The second kappa shape index (κ2) is 6.54. The molecule has 3 heterocycles. The van der Waals surface area contributed by atoms with Gasteiger partial charge in [0.25, 0.3) is 5.91 Å². The fraction of sp³-hybridized carbons (Fsp3) is 0.375. The summed E-state index contributed by atoms with van der Waals surface area (Å²) in [4.78, 5) is 21.5. The molecule has 1 aromatic carbocycles. The van der Waals surface area contributed by atoms with Gasteiger partial charge in [-0.25, -0.2) is 4.98 Å². The number of aryl methyl sites for hydroxylation is 1. The number of carbonyl (C=O) groups excluding carboxylic acids is 1. The first-order chi connectivity index (χ1) is 11.7. The van der Waals surface area contributed by atoms with Crippen LogP contribution in [0.5, 0.6) is 0 Å². The summed E-state index contributed by atoms with van der Waals surface area (Å²) in [6.45, 7) is 6.14. The summed E-state index contributed by atoms with van der Waals surface area (Å²) in [5.74, 6) is 0.0778. The van der Waals surface area contributed by atoms with Crippen LogP contribution < -0.4 is 0 Å². The Kier molecular flexibility index (Phi) is 4.26. The van der Waals surface area contributed by atoms with Crippen LogP contribution in [0.3, 0.4) is 0 Å². The molecule has 0 atom stereocenters. The molecule has 8 heteroatoms. The molecule has 1 saturated heterocycles. The molecular weight excluding hydrogens is 342 g/mol. The van der Waals surface area contributed by atoms with Crippen LogP contribution >= 0.6 is 23.1 Å². The number of carbonyl (C=O) groups is 1. The van der Waals surface area contributed by atoms with E-state index in [4.69, 9.17) is 0 Å². The van der Waals surface area contributed by atoms with E-state index in [9.17, 15) is 4.79 Å². The number of benzene rings is 1. The number of aromatic nitrogens is 3. The summed E-state index contributed by atoms with van der Waals surface area (Å²) < 4.78 is 8.39. The molecule has 0 saturated carbocycles. The van der Waals surface area contributed by atoms with Gasteiger partial charge in [-0.3, -0.25) is 9.69 Å². The third-order valence-electron chi connectivity index (χ3n) is 4.21. The van der Waals surface area contributed by atoms with Gasteiger partial charge in [-0.15, -0.1) is 11.3 Å². The molecule has 1 aliphatic heterocycles. The van der Waals surface area contributed by atoms with Crippen LogP contribution in [0.15, 0.2) is 23.6 Å². The molecule has 1 amide bonds. The van der Waals surface area contributed by atoms with Crippen LogP contribution in [-0.2, 0) is 6.54 Å². The molecule has 0 radical (unpaired) electrons. The highest BCUT2D eigenvalue weighted by Gasteiger charge is 2.23. The topological polar surface area (TPSA) is 62.2 Å². The van der Waals surface area contributed by atoms with Gasteiger partial charge in [0, 0.05) is 43.7 Å². The zero-order valence-corrected chi connectivity index (χ0v) is 14.9. The minimum Gasteiger partial charge on any atom is -0.336 e. The maximum absolute atomic E-state index is 12.7. The third kappa shape index (κ3) is 3.17. The minimum absolute atomic E-state index is 0.0778. The number of thiazole rings is 1. The summed E-state index contributed by atoms with van der Waals surface area (Å²) in [6.07, 6.45) is 0. The maximum Gasteiger partial charge on any atom is 0.254 e. The molecule has 124 valence electrons. The molecule has 0 spiro atoms. The van der Waals surface area contributed by atoms with E-state index in [1.54, 1.807) is 11.3 Å². The predicted octanol–water partition coefficient (Wildman–Crippen LogP) is 2.41. The van der Waals surface area contributed by atoms with Crippen LogP contribution in [0.4, 0.5) is 0 Å². The first-order valence-electron chi connectivity index (χ1n) is 7.84. The highest BCUT2D eigenvalue weighted by molar-refractivity contribution is 7.09. The fourth-order valence-corrected chi connectivity index (χ4v) is 4.04. The Hall–Kier alpha value is -1.90. The number of piperazine rings is 1. The number of nitrogens with zero attached hydrogens (tertiary/aromatic N) is 5. The van der Waals surface area contributed by atoms with Gasteiger partial charge < -0.3 is 4.90 Å². The van der Waals surface area contributed by atoms with Gasteiger partial charge in [-0.05, 0) is 25.1 Å². The second-order valence-electron chi connectivity index (χ2n) is 5.89. The summed E-state index contributed by atoms with van der Waals surface area (Å²) >= 11 is 2.86. The SMILES string of the molecule is Cc1nc(CN2CCN(C(=O)c3ccc4nsnc4c3)CC2)cs1. The highest BCUT2D eigenvalue weighted by Crippen LogP contribution is 2.17. The van der Waals surface area contributed by atoms with Gasteiger partial charge in [0.1, 0.15) is 11.0 Å². The van der Waals surface area contributed by atoms with E-state index >= 15 is 0 Å². The molecule has 3 aromatic rings. The van der Waals surface area contributed by atoms with Gasteiger partial charge in [-0.2, -0.15) is 8.75 Å². The van der Waals surface area contributed by atoms with Crippen LogP contribution in [0.2, 0.25) is 0 Å². The van der Waals surface area contributed by atoms with Crippen LogP contribution in [0.25, 0.3) is 11.0 Å². The molecule has 4 rings (SSSR count). The maximum atomic E-state index is 12.7. The molecule has 24 heavy (non-hydrogen) atoms. The Balaban J connectivity index is 1.38. The smallest absolute Gasteiger partial charge is 0.254 e. The molecule has 0 bridgehead atoms. The lowest BCUT2D eigenvalue weighted by atomic mass is 10.1. The van der Waals surface area contributed by atoms with Gasteiger partial charge in [-0.1, -0.05) is 0 Å². The lowest BCUT2D eigenvalue weighted by Gasteiger charge is -2.34. The first kappa shape index (κ1) is 15.6. The van der Waals surface area contributed by atoms with Crippen molar-refractivity contribution >= 4 is 40.0 Å². The van der Waals surface area contributed by atoms with E-state index in [1.165, 1.54) is 11.7 Å². The quantitative estimate of drug-likeness (QED) is 0.719. The molecule has 0 N–H and O–H groups in total. The number of fused-ring (bicyclic) bond motifs is 1. The molecule has 6 nitrogen and oxygen atoms in total. The highest BCUT2D eigenvalue weighted by atomic mass is 32.1. The van der Waals surface area contributed by atoms with Crippen molar-refractivity contribution < 1.29 is 4.79 Å². The van der Waals surface area contributed by atoms with Crippen LogP contribution in [-0.4, -0.2) is 55.6 Å². The monoisotopic (exact) mass is 359 g/mol. The number of hydrogen-bond donors (Lipinski definition) is 0. The Morgan fingerprint density at radius 1 is 1.17 bits per heavy atom. The number of hydrogen-bond acceptors (Lipinski definition) is 7. The number of amides is 1. The Bertz CT molecular complexity index is 866. The Morgan fingerprint density at radius 3 is 2.71 bits per heavy atom. The largest absolute Gasteiger partial charge is 0.336 e. The summed E-state index contributed by atoms with van der Waals surface area (Å²) in [7, 11) is 0. The molecule has 0 aliphatic carbocycles. The molecule has 1 aliphatic rings. The van der Waals surface area contributed by atoms with E-state index < -0.39 is 0 Å². The van der Waals surface area contributed by atoms with Crippen molar-refractivity contribution in [2.24, 2.45) is 0 Å². The van der Waals surface area contributed by atoms with E-state index in [0.717, 1.165) is 54.5 Å². The standard InChI is InChI=1S/C16H17N5OS2/c1-11-17-13(10-23-11)9-20-4-6-21(7-5-20)16(22)12-2-3-14-15(8-12)19-24-18-14/h2-3,8,10H,4-7,9H2,1H3. The van der Waals surface area contributed by atoms with Crippen molar-refractivity contribution in [2.75, 3.05) is 26.2 Å². The first-order valence-corrected chi connectivity index (χ1v) is 9.45. The van der Waals surface area contributed by atoms with Crippen molar-refractivity contribution in [3.05, 3.63) is 39.8 Å². The average Bonchev–Trinajstić information content (AvgIpc) is 3.23. The van der Waals surface area contributed by atoms with Crippen LogP contribution in [0, 0.1) is 6.92 Å². The summed E-state index contributed by atoms with van der Waals surface area (Å²) in [6, 6.07) is 5.55. The number of rotatable bonds is 3. The van der Waals surface area contributed by atoms with Crippen molar-refractivity contribution in [3.8, 4) is 0 Å². The Morgan fingerprint density at radius 2 is 1.96 bits per heavy atom. The van der Waals surface area contributed by atoms with Gasteiger partial charge in [0.05, 0.1) is 22.4 Å². The average molecular weight is 359 g/mol. The molecular formula is C16H17N5OS2. The van der Waals surface area contributed by atoms with Crippen molar-refractivity contribution in [3.63, 3.8) is 0 Å². The lowest BCUT2D eigenvalue weighted by molar-refractivity contribution is 0.0627. The van der Waals surface area contributed by atoms with E-state index in [-0.39, 0.29) is 5.91 Å². The van der Waals surface area contributed by atoms with Crippen molar-refractivity contribution in [1.82, 2.24) is 23.5 Å². The van der Waals surface area contributed by atoms with Crippen molar-refractivity contribution in [2.45, 2.75) is 13.5 Å². The lowest BCUT2D eigenvalue weighted by Crippen LogP contribution is -2.48. The van der Waals surface area contributed by atoms with Gasteiger partial charge >= 0.3 is 0 Å². The molecule has 1 fully saturated rings. The zero-order valence-electron chi connectivity index (χ0n) is 13.3. The summed E-state index contributed by atoms with van der Waals surface area (Å²) in [5, 5.41) is 3.22. The normalized spacial score (nSPS) is 16.0. The van der Waals surface area contributed by atoms with Gasteiger partial charge in [0.2, 0.25) is 0 Å². The van der Waals surface area contributed by atoms with E-state index in [2.05, 4.69) is 24.0 Å². The van der Waals surface area contributed by atoms with E-state index in [1.807, 2.05) is 30.0 Å². The molecule has 0 unspecified atom stereocenters. The molecule has 2 aromatic heterocycles. The van der Waals surface area contributed by atoms with E-state index in [0.29, 0.717) is 5.56 Å². The van der Waals surface area contributed by atoms with Crippen molar-refractivity contribution in [1.29, 1.82) is 0 Å². The Labute approximate surface area is 148 Å². The fourth-order valence-electron chi connectivity index (χ4n) is 2.92. The van der Waals surface area contributed by atoms with Gasteiger partial charge in [0.15, 0.2) is 0 Å². The van der Waals surface area contributed by atoms with Crippen LogP contribution in [0.1, 0.15) is 21.1 Å². The zero-order chi connectivity index (χ0) is 16.5. The predicted molar refractivity (Wildman–Crippen MR) is 95.4 cm³/mol. The minimum atomic E-state index is 0.0778. The third-order valence-corrected chi connectivity index (χ3v) is 5.59.